The number of nitrogens with two attached hydrogens (primary N) is 1. The molecule has 5 rings (SSSR count). The second-order valence-electron chi connectivity index (χ2n) is 12.8. The van der Waals surface area contributed by atoms with Gasteiger partial charge in [0.2, 0.25) is 0 Å². The monoisotopic (exact) mass is 574 g/mol. The third-order valence-corrected chi connectivity index (χ3v) is 7.67. The average Bonchev–Trinajstić information content (AvgIpc) is 2.96. The summed E-state index contributed by atoms with van der Waals surface area (Å²) in [6, 6.07) is 21.2. The Labute approximate surface area is 248 Å². The normalized spacial score (nSPS) is 17.0. The van der Waals surface area contributed by atoms with E-state index in [0.29, 0.717) is 33.1 Å². The number of carbonyl (C=O) groups excluding carboxylic acids is 2. The minimum atomic E-state index is -0.0596. The molecule has 0 unspecified atom stereocenters. The second-order valence-corrected chi connectivity index (χ2v) is 12.8. The van der Waals surface area contributed by atoms with Crippen LogP contribution in [0.15, 0.2) is 78.1 Å². The maximum atomic E-state index is 12.6. The molecule has 1 aliphatic carbocycles. The third-order valence-electron chi connectivity index (χ3n) is 7.67. The van der Waals surface area contributed by atoms with Gasteiger partial charge >= 0.3 is 0 Å². The summed E-state index contributed by atoms with van der Waals surface area (Å²) < 4.78 is 0. The van der Waals surface area contributed by atoms with Crippen LogP contribution in [-0.2, 0) is 10.4 Å². The summed E-state index contributed by atoms with van der Waals surface area (Å²) in [5, 5.41) is 14.5. The van der Waals surface area contributed by atoms with E-state index in [1.165, 1.54) is 11.5 Å². The molecule has 1 heterocycles. The number of hydrogen-bond acceptors (Lipinski definition) is 8. The SMILES string of the molecule is CC(C)(C)c1ccc2c(c1)C(=O)c1ccccc1C2=O.CC1(C)CCCC(C)(C)N1O.NON(N=O)c1ccccc1. The summed E-state index contributed by atoms with van der Waals surface area (Å²) in [7, 11) is 0. The van der Waals surface area contributed by atoms with Crippen molar-refractivity contribution in [2.45, 2.75) is 84.2 Å². The molecule has 3 aromatic rings. The molecule has 0 bridgehead atoms. The Morgan fingerprint density at radius 3 is 1.74 bits per heavy atom. The first kappa shape index (κ1) is 32.8. The van der Waals surface area contributed by atoms with Crippen LogP contribution in [0.1, 0.15) is 105 Å². The molecule has 9 heteroatoms. The van der Waals surface area contributed by atoms with Crippen molar-refractivity contribution in [3.63, 3.8) is 0 Å². The Hall–Kier alpha value is -3.76. The molecule has 0 saturated carbocycles. The molecule has 0 aromatic heterocycles. The smallest absolute Gasteiger partial charge is 0.194 e. The van der Waals surface area contributed by atoms with E-state index in [0.717, 1.165) is 18.4 Å². The van der Waals surface area contributed by atoms with Gasteiger partial charge in [0.05, 0.1) is 11.0 Å². The van der Waals surface area contributed by atoms with Gasteiger partial charge in [-0.3, -0.25) is 9.59 Å². The number of fused-ring (bicyclic) bond motifs is 2. The first-order chi connectivity index (χ1) is 19.6. The highest BCUT2D eigenvalue weighted by Crippen LogP contribution is 2.36. The summed E-state index contributed by atoms with van der Waals surface area (Å²) in [6.07, 6.45) is 3.40. The van der Waals surface area contributed by atoms with Crippen LogP contribution >= 0.6 is 0 Å². The Bertz CT molecular complexity index is 1400. The first-order valence-corrected chi connectivity index (χ1v) is 14.0. The lowest BCUT2D eigenvalue weighted by Crippen LogP contribution is -2.56. The third kappa shape index (κ3) is 7.35. The Kier molecular flexibility index (Phi) is 10.2. The molecule has 0 radical (unpaired) electrons. The number of benzene rings is 3. The predicted octanol–water partition coefficient (Wildman–Crippen LogP) is 7.16. The van der Waals surface area contributed by atoms with E-state index in [2.05, 4.69) is 58.7 Å². The van der Waals surface area contributed by atoms with E-state index in [1.807, 2.05) is 18.2 Å². The Balaban J connectivity index is 0.000000188. The van der Waals surface area contributed by atoms with Crippen LogP contribution in [0.5, 0.6) is 0 Å². The molecule has 0 spiro atoms. The summed E-state index contributed by atoms with van der Waals surface area (Å²) in [5.41, 5.74) is 3.49. The lowest BCUT2D eigenvalue weighted by molar-refractivity contribution is -0.241. The van der Waals surface area contributed by atoms with Crippen molar-refractivity contribution in [3.05, 3.63) is 106 Å². The van der Waals surface area contributed by atoms with Crippen molar-refractivity contribution in [2.24, 2.45) is 11.2 Å². The van der Waals surface area contributed by atoms with E-state index in [1.54, 1.807) is 54.6 Å². The Morgan fingerprint density at radius 2 is 1.29 bits per heavy atom. The van der Waals surface area contributed by atoms with E-state index >= 15 is 0 Å². The van der Waals surface area contributed by atoms with Crippen molar-refractivity contribution < 1.29 is 19.7 Å². The zero-order chi connectivity index (χ0) is 31.3. The molecule has 9 nitrogen and oxygen atoms in total. The molecule has 42 heavy (non-hydrogen) atoms. The molecular formula is C33H42N4O5. The van der Waals surface area contributed by atoms with Crippen molar-refractivity contribution in [1.29, 1.82) is 0 Å². The van der Waals surface area contributed by atoms with Gasteiger partial charge in [0, 0.05) is 33.3 Å². The van der Waals surface area contributed by atoms with Gasteiger partial charge in [-0.05, 0) is 82.2 Å². The fourth-order valence-corrected chi connectivity index (χ4v) is 5.23. The fraction of sp³-hybridized carbons (Fsp3) is 0.394. The maximum Gasteiger partial charge on any atom is 0.194 e. The van der Waals surface area contributed by atoms with Gasteiger partial charge in [0.1, 0.15) is 0 Å². The quantitative estimate of drug-likeness (QED) is 0.195. The van der Waals surface area contributed by atoms with E-state index in [9.17, 15) is 19.7 Å². The predicted molar refractivity (Wildman–Crippen MR) is 164 cm³/mol. The number of piperidine rings is 1. The Morgan fingerprint density at radius 1 is 0.810 bits per heavy atom. The van der Waals surface area contributed by atoms with Gasteiger partial charge in [0.15, 0.2) is 11.6 Å². The van der Waals surface area contributed by atoms with Crippen LogP contribution in [0.2, 0.25) is 0 Å². The van der Waals surface area contributed by atoms with Crippen LogP contribution in [0.4, 0.5) is 5.69 Å². The van der Waals surface area contributed by atoms with Gasteiger partial charge in [-0.1, -0.05) is 74.5 Å². The van der Waals surface area contributed by atoms with Crippen molar-refractivity contribution in [2.75, 3.05) is 5.17 Å². The molecule has 1 aliphatic heterocycles. The number of hydrogen-bond donors (Lipinski definition) is 2. The lowest BCUT2D eigenvalue weighted by atomic mass is 9.79. The number of ketones is 2. The largest absolute Gasteiger partial charge is 0.313 e. The van der Waals surface area contributed by atoms with Gasteiger partial charge in [-0.15, -0.1) is 4.91 Å². The number of carbonyl (C=O) groups is 2. The number of hydroxylamine groups is 2. The van der Waals surface area contributed by atoms with Crippen LogP contribution in [0.3, 0.4) is 0 Å². The number of rotatable bonds is 3. The molecule has 0 amide bonds. The number of anilines is 1. The van der Waals surface area contributed by atoms with E-state index in [-0.39, 0.29) is 28.1 Å². The summed E-state index contributed by atoms with van der Waals surface area (Å²) in [6.45, 7) is 14.6. The van der Waals surface area contributed by atoms with Gasteiger partial charge in [0.25, 0.3) is 0 Å². The van der Waals surface area contributed by atoms with E-state index < -0.39 is 0 Å². The second kappa shape index (κ2) is 13.0. The first-order valence-electron chi connectivity index (χ1n) is 14.0. The molecule has 224 valence electrons. The topological polar surface area (TPSA) is 126 Å². The highest BCUT2D eigenvalue weighted by molar-refractivity contribution is 6.28. The van der Waals surface area contributed by atoms with Gasteiger partial charge in [-0.25, -0.2) is 0 Å². The van der Waals surface area contributed by atoms with Gasteiger partial charge in [-0.2, -0.15) is 15.9 Å². The maximum absolute atomic E-state index is 12.6. The summed E-state index contributed by atoms with van der Waals surface area (Å²) >= 11 is 0. The van der Waals surface area contributed by atoms with Crippen LogP contribution in [-0.4, -0.2) is 32.9 Å². The standard InChI is InChI=1S/C18H16O2.C9H19NO.C6H7N3O2/c1-18(2,3)11-8-9-14-15(10-11)17(20)13-7-5-4-6-12(13)16(14)19;1-8(2)6-5-7-9(3,4)10(8)11;7-11-9(8-10)6-4-2-1-3-5-6/h4-10H,1-3H3;11H,5-7H2,1-4H3;1-5H,7H2. The molecule has 1 saturated heterocycles. The van der Waals surface area contributed by atoms with Crippen molar-refractivity contribution in [3.8, 4) is 0 Å². The zero-order valence-corrected chi connectivity index (χ0v) is 25.5. The van der Waals surface area contributed by atoms with Crippen LogP contribution in [0, 0.1) is 4.91 Å². The highest BCUT2D eigenvalue weighted by atomic mass is 16.8. The number of nitrogens with zero attached hydrogens (tertiary/aromatic N) is 3. The highest BCUT2D eigenvalue weighted by Gasteiger charge is 2.40. The molecule has 0 atom stereocenters. The summed E-state index contributed by atoms with van der Waals surface area (Å²) in [4.78, 5) is 39.2. The zero-order valence-electron chi connectivity index (χ0n) is 25.5. The number of para-hydroxylation sites is 1. The lowest BCUT2D eigenvalue weighted by Gasteiger charge is -2.48. The molecule has 1 fully saturated rings. The van der Waals surface area contributed by atoms with Gasteiger partial charge < -0.3 is 5.21 Å². The molecule has 3 N–H and O–H groups in total. The average molecular weight is 575 g/mol. The van der Waals surface area contributed by atoms with Crippen molar-refractivity contribution in [1.82, 2.24) is 5.06 Å². The molecule has 3 aromatic carbocycles. The fourth-order valence-electron chi connectivity index (χ4n) is 5.23. The van der Waals surface area contributed by atoms with Crippen LogP contribution in [0.25, 0.3) is 0 Å². The van der Waals surface area contributed by atoms with Crippen molar-refractivity contribution >= 4 is 17.3 Å². The molecule has 2 aliphatic rings. The van der Waals surface area contributed by atoms with Crippen LogP contribution < -0.4 is 11.1 Å². The summed E-state index contributed by atoms with van der Waals surface area (Å²) in [5.74, 6) is 4.63. The minimum Gasteiger partial charge on any atom is -0.313 e. The minimum absolute atomic E-state index is 0.0399. The molecular weight excluding hydrogens is 532 g/mol. The number of nitroso groups, excluding NO2 is 1. The van der Waals surface area contributed by atoms with E-state index in [4.69, 9.17) is 5.90 Å².